The molecular formula is C14H17ClN2. The summed E-state index contributed by atoms with van der Waals surface area (Å²) in [4.78, 5) is 2.37. The number of halogens is 1. The summed E-state index contributed by atoms with van der Waals surface area (Å²) in [5, 5.41) is 9.24. The minimum atomic E-state index is 0.464. The van der Waals surface area contributed by atoms with Crippen molar-refractivity contribution in [2.75, 3.05) is 11.4 Å². The number of hydrogen-bond donors (Lipinski definition) is 0. The molecule has 17 heavy (non-hydrogen) atoms. The van der Waals surface area contributed by atoms with Crippen LogP contribution in [0.15, 0.2) is 18.2 Å². The molecule has 0 N–H and O–H groups in total. The molecule has 1 fully saturated rings. The second-order valence-electron chi connectivity index (χ2n) is 4.52. The van der Waals surface area contributed by atoms with Crippen LogP contribution in [0.2, 0.25) is 0 Å². The maximum atomic E-state index is 9.24. The lowest BCUT2D eigenvalue weighted by atomic mass is 10.1. The van der Waals surface area contributed by atoms with Gasteiger partial charge in [0.05, 0.1) is 11.3 Å². The van der Waals surface area contributed by atoms with E-state index in [1.807, 2.05) is 18.2 Å². The quantitative estimate of drug-likeness (QED) is 0.744. The third-order valence-electron chi connectivity index (χ3n) is 3.10. The van der Waals surface area contributed by atoms with E-state index < -0.39 is 0 Å². The Balaban J connectivity index is 2.32. The van der Waals surface area contributed by atoms with E-state index in [0.29, 0.717) is 11.9 Å². The van der Waals surface area contributed by atoms with E-state index in [4.69, 9.17) is 11.6 Å². The van der Waals surface area contributed by atoms with Gasteiger partial charge in [-0.15, -0.1) is 11.6 Å². The highest BCUT2D eigenvalue weighted by Crippen LogP contribution is 2.34. The van der Waals surface area contributed by atoms with Crippen molar-refractivity contribution >= 4 is 17.3 Å². The largest absolute Gasteiger partial charge is 0.367 e. The Kier molecular flexibility index (Phi) is 3.91. The van der Waals surface area contributed by atoms with Crippen molar-refractivity contribution in [3.05, 3.63) is 29.3 Å². The van der Waals surface area contributed by atoms with Gasteiger partial charge in [-0.05, 0) is 37.0 Å². The maximum absolute atomic E-state index is 9.24. The molecule has 0 unspecified atom stereocenters. The van der Waals surface area contributed by atoms with E-state index in [1.165, 1.54) is 12.8 Å². The van der Waals surface area contributed by atoms with Crippen LogP contribution < -0.4 is 4.90 Å². The number of alkyl halides is 1. The smallest absolute Gasteiger partial charge is 0.101 e. The highest BCUT2D eigenvalue weighted by atomic mass is 35.5. The summed E-state index contributed by atoms with van der Waals surface area (Å²) >= 11 is 5.80. The van der Waals surface area contributed by atoms with Gasteiger partial charge in [-0.3, -0.25) is 0 Å². The molecular weight excluding hydrogens is 232 g/mol. The molecule has 1 aliphatic carbocycles. The van der Waals surface area contributed by atoms with Gasteiger partial charge >= 0.3 is 0 Å². The zero-order chi connectivity index (χ0) is 12.3. The van der Waals surface area contributed by atoms with Crippen LogP contribution in [0.3, 0.4) is 0 Å². The van der Waals surface area contributed by atoms with Gasteiger partial charge < -0.3 is 4.90 Å². The lowest BCUT2D eigenvalue weighted by Gasteiger charge is -2.25. The second kappa shape index (κ2) is 5.42. The number of rotatable bonds is 5. The zero-order valence-electron chi connectivity index (χ0n) is 10.1. The molecule has 1 saturated carbocycles. The number of nitriles is 1. The van der Waals surface area contributed by atoms with Crippen LogP contribution >= 0.6 is 11.6 Å². The van der Waals surface area contributed by atoms with E-state index in [-0.39, 0.29) is 0 Å². The van der Waals surface area contributed by atoms with Crippen molar-refractivity contribution in [2.24, 2.45) is 0 Å². The fourth-order valence-corrected chi connectivity index (χ4v) is 2.30. The fraction of sp³-hybridized carbons (Fsp3) is 0.500. The van der Waals surface area contributed by atoms with Crippen molar-refractivity contribution in [2.45, 2.75) is 38.1 Å². The normalized spacial score (nSPS) is 14.4. The Labute approximate surface area is 108 Å². The topological polar surface area (TPSA) is 27.0 Å². The first-order valence-corrected chi connectivity index (χ1v) is 6.69. The number of hydrogen-bond acceptors (Lipinski definition) is 2. The third kappa shape index (κ3) is 2.73. The summed E-state index contributed by atoms with van der Waals surface area (Å²) in [5.74, 6) is 0.464. The third-order valence-corrected chi connectivity index (χ3v) is 3.41. The predicted octanol–water partition coefficient (Wildman–Crippen LogP) is 3.68. The molecule has 0 heterocycles. The molecule has 0 atom stereocenters. The van der Waals surface area contributed by atoms with Gasteiger partial charge in [0, 0.05) is 18.5 Å². The Morgan fingerprint density at radius 3 is 2.76 bits per heavy atom. The molecule has 0 aliphatic heterocycles. The summed E-state index contributed by atoms with van der Waals surface area (Å²) in [7, 11) is 0. The van der Waals surface area contributed by atoms with Crippen molar-refractivity contribution in [3.8, 4) is 6.07 Å². The lowest BCUT2D eigenvalue weighted by Crippen LogP contribution is -2.27. The Bertz CT molecular complexity index is 432. The van der Waals surface area contributed by atoms with Gasteiger partial charge in [-0.2, -0.15) is 5.26 Å². The molecule has 0 saturated heterocycles. The van der Waals surface area contributed by atoms with Gasteiger partial charge in [0.2, 0.25) is 0 Å². The Hall–Kier alpha value is -1.20. The second-order valence-corrected chi connectivity index (χ2v) is 4.79. The lowest BCUT2D eigenvalue weighted by molar-refractivity contribution is 0.762. The monoisotopic (exact) mass is 248 g/mol. The van der Waals surface area contributed by atoms with E-state index in [0.717, 1.165) is 29.8 Å². The van der Waals surface area contributed by atoms with Crippen LogP contribution in [0.1, 0.15) is 37.3 Å². The van der Waals surface area contributed by atoms with Crippen molar-refractivity contribution < 1.29 is 0 Å². The van der Waals surface area contributed by atoms with Crippen LogP contribution in [0.4, 0.5) is 5.69 Å². The van der Waals surface area contributed by atoms with E-state index in [9.17, 15) is 5.26 Å². The molecule has 0 bridgehead atoms. The average Bonchev–Trinajstić information content (AvgIpc) is 3.19. The Morgan fingerprint density at radius 2 is 2.24 bits per heavy atom. The maximum Gasteiger partial charge on any atom is 0.101 e. The highest BCUT2D eigenvalue weighted by molar-refractivity contribution is 6.17. The molecule has 1 aromatic rings. The molecule has 2 rings (SSSR count). The molecule has 1 aromatic carbocycles. The first-order valence-electron chi connectivity index (χ1n) is 6.15. The number of nitrogens with zero attached hydrogens (tertiary/aromatic N) is 2. The molecule has 1 aliphatic rings. The fourth-order valence-electron chi connectivity index (χ4n) is 2.13. The average molecular weight is 249 g/mol. The summed E-state index contributed by atoms with van der Waals surface area (Å²) < 4.78 is 0. The van der Waals surface area contributed by atoms with Crippen molar-refractivity contribution in [1.82, 2.24) is 0 Å². The summed E-state index contributed by atoms with van der Waals surface area (Å²) in [5.41, 5.74) is 2.84. The van der Waals surface area contributed by atoms with Crippen LogP contribution in [0, 0.1) is 11.3 Å². The van der Waals surface area contributed by atoms with E-state index in [1.54, 1.807) is 0 Å². The summed E-state index contributed by atoms with van der Waals surface area (Å²) in [6.45, 7) is 3.20. The first kappa shape index (κ1) is 12.3. The van der Waals surface area contributed by atoms with Gasteiger partial charge in [-0.25, -0.2) is 0 Å². The van der Waals surface area contributed by atoms with E-state index in [2.05, 4.69) is 17.9 Å². The molecule has 0 amide bonds. The molecule has 90 valence electrons. The standard InChI is InChI=1S/C14H17ClN2/c1-2-7-17(13-4-5-13)14-6-3-11(9-15)8-12(14)10-16/h3,6,8,13H,2,4-5,7,9H2,1H3. The van der Waals surface area contributed by atoms with Gasteiger partial charge in [0.25, 0.3) is 0 Å². The molecule has 0 aromatic heterocycles. The predicted molar refractivity (Wildman–Crippen MR) is 71.4 cm³/mol. The summed E-state index contributed by atoms with van der Waals surface area (Å²) in [6, 6.07) is 8.91. The molecule has 3 heteroatoms. The minimum absolute atomic E-state index is 0.464. The summed E-state index contributed by atoms with van der Waals surface area (Å²) in [6.07, 6.45) is 3.61. The first-order chi connectivity index (χ1) is 8.30. The Morgan fingerprint density at radius 1 is 1.47 bits per heavy atom. The number of benzene rings is 1. The van der Waals surface area contributed by atoms with Crippen LogP contribution in [-0.2, 0) is 5.88 Å². The highest BCUT2D eigenvalue weighted by Gasteiger charge is 2.29. The molecule has 2 nitrogen and oxygen atoms in total. The van der Waals surface area contributed by atoms with E-state index >= 15 is 0 Å². The van der Waals surface area contributed by atoms with Crippen molar-refractivity contribution in [3.63, 3.8) is 0 Å². The van der Waals surface area contributed by atoms with Gasteiger partial charge in [0.15, 0.2) is 0 Å². The number of anilines is 1. The molecule has 0 spiro atoms. The minimum Gasteiger partial charge on any atom is -0.367 e. The van der Waals surface area contributed by atoms with Crippen LogP contribution in [0.25, 0.3) is 0 Å². The van der Waals surface area contributed by atoms with Gasteiger partial charge in [0.1, 0.15) is 6.07 Å². The zero-order valence-corrected chi connectivity index (χ0v) is 10.9. The van der Waals surface area contributed by atoms with Crippen LogP contribution in [0.5, 0.6) is 0 Å². The van der Waals surface area contributed by atoms with Gasteiger partial charge in [-0.1, -0.05) is 13.0 Å². The van der Waals surface area contributed by atoms with Crippen LogP contribution in [-0.4, -0.2) is 12.6 Å². The SMILES string of the molecule is CCCN(c1ccc(CCl)cc1C#N)C1CC1. The molecule has 0 radical (unpaired) electrons. The van der Waals surface area contributed by atoms with Crippen molar-refractivity contribution in [1.29, 1.82) is 5.26 Å².